The topological polar surface area (TPSA) is 57.4 Å². The molecule has 0 bridgehead atoms. The minimum absolute atomic E-state index is 0.120. The third-order valence-corrected chi connectivity index (χ3v) is 6.39. The molecule has 0 radical (unpaired) electrons. The fourth-order valence-electron chi connectivity index (χ4n) is 3.79. The van der Waals surface area contributed by atoms with E-state index >= 15 is 0 Å². The van der Waals surface area contributed by atoms with E-state index in [1.54, 1.807) is 10.9 Å². The number of hydrogen-bond donors (Lipinski definition) is 0. The molecule has 1 aromatic carbocycles. The van der Waals surface area contributed by atoms with Crippen LogP contribution in [0.2, 0.25) is 0 Å². The van der Waals surface area contributed by atoms with Gasteiger partial charge in [0.15, 0.2) is 16.2 Å². The Morgan fingerprint density at radius 3 is 2.47 bits per heavy atom. The van der Waals surface area contributed by atoms with Crippen LogP contribution >= 0.6 is 11.3 Å². The van der Waals surface area contributed by atoms with Crippen LogP contribution in [-0.4, -0.2) is 13.9 Å². The first-order valence-corrected chi connectivity index (χ1v) is 11.1. The lowest BCUT2D eigenvalue weighted by Crippen LogP contribution is -2.22. The molecule has 3 heterocycles. The van der Waals surface area contributed by atoms with E-state index in [4.69, 9.17) is 9.41 Å². The Kier molecular flexibility index (Phi) is 5.63. The van der Waals surface area contributed by atoms with Gasteiger partial charge in [0.05, 0.1) is 23.3 Å². The molecule has 0 saturated heterocycles. The first-order valence-electron chi connectivity index (χ1n) is 10.2. The molecule has 3 aromatic heterocycles. The molecule has 0 fully saturated rings. The maximum absolute atomic E-state index is 13.3. The predicted molar refractivity (Wildman–Crippen MR) is 121 cm³/mol. The average molecular weight is 423 g/mol. The van der Waals surface area contributed by atoms with Gasteiger partial charge in [0.2, 0.25) is 0 Å². The van der Waals surface area contributed by atoms with Crippen LogP contribution in [0, 0.1) is 6.92 Å². The molecular weight excluding hydrogens is 396 g/mol. The lowest BCUT2D eigenvalue weighted by atomic mass is 10.1. The number of para-hydroxylation sites is 1. The van der Waals surface area contributed by atoms with E-state index in [-0.39, 0.29) is 11.6 Å². The summed E-state index contributed by atoms with van der Waals surface area (Å²) in [6.45, 7) is 6.28. The van der Waals surface area contributed by atoms with E-state index in [1.807, 2.05) is 61.1 Å². The van der Waals surface area contributed by atoms with Gasteiger partial charge >= 0.3 is 0 Å². The number of hydrogen-bond acceptors (Lipinski definition) is 4. The lowest BCUT2D eigenvalue weighted by Gasteiger charge is -2.17. The van der Waals surface area contributed by atoms with E-state index in [0.717, 1.165) is 40.5 Å². The number of benzene rings is 1. The summed E-state index contributed by atoms with van der Waals surface area (Å²) in [6.07, 6.45) is 3.62. The fraction of sp³-hybridized carbons (Fsp3) is 0.304. The third kappa shape index (κ3) is 3.39. The lowest BCUT2D eigenvalue weighted by molar-refractivity contribution is 0.459. The molecule has 0 N–H and O–H groups in total. The number of rotatable bonds is 6. The van der Waals surface area contributed by atoms with E-state index in [9.17, 15) is 4.79 Å². The minimum atomic E-state index is -0.120. The average Bonchev–Trinajstić information content (AvgIpc) is 3.47. The summed E-state index contributed by atoms with van der Waals surface area (Å²) in [6, 6.07) is 13.8. The van der Waals surface area contributed by atoms with Crippen molar-refractivity contribution in [1.29, 1.82) is 0 Å². The van der Waals surface area contributed by atoms with E-state index in [2.05, 4.69) is 23.8 Å². The molecule has 0 saturated carbocycles. The highest BCUT2D eigenvalue weighted by atomic mass is 32.1. The second kappa shape index (κ2) is 8.36. The second-order valence-electron chi connectivity index (χ2n) is 7.24. The molecule has 0 unspecified atom stereocenters. The van der Waals surface area contributed by atoms with Crippen LogP contribution < -0.4 is 10.4 Å². The van der Waals surface area contributed by atoms with Crippen LogP contribution in [0.3, 0.4) is 0 Å². The maximum atomic E-state index is 13.3. The summed E-state index contributed by atoms with van der Waals surface area (Å²) >= 11 is 1.54. The first-order chi connectivity index (χ1) is 14.6. The van der Waals surface area contributed by atoms with Crippen LogP contribution in [0.1, 0.15) is 38.4 Å². The van der Waals surface area contributed by atoms with Crippen LogP contribution in [0.25, 0.3) is 17.1 Å². The Morgan fingerprint density at radius 2 is 1.83 bits per heavy atom. The number of nitrogens with zero attached hydrogens (tertiary/aromatic N) is 4. The number of thiazole rings is 1. The zero-order valence-corrected chi connectivity index (χ0v) is 18.5. The largest absolute Gasteiger partial charge is 0.463 e. The molecule has 0 aliphatic carbocycles. The quantitative estimate of drug-likeness (QED) is 0.429. The van der Waals surface area contributed by atoms with Crippen molar-refractivity contribution in [2.45, 2.75) is 39.7 Å². The number of furan rings is 1. The molecule has 156 valence electrons. The predicted octanol–water partition coefficient (Wildman–Crippen LogP) is 5.20. The Balaban J connectivity index is 1.94. The van der Waals surface area contributed by atoms with Gasteiger partial charge in [-0.05, 0) is 44.0 Å². The van der Waals surface area contributed by atoms with Gasteiger partial charge in [0.25, 0.3) is 5.56 Å². The van der Waals surface area contributed by atoms with Gasteiger partial charge in [0, 0.05) is 18.5 Å². The van der Waals surface area contributed by atoms with Gasteiger partial charge in [-0.2, -0.15) is 0 Å². The maximum Gasteiger partial charge on any atom is 0.297 e. The summed E-state index contributed by atoms with van der Waals surface area (Å²) < 4.78 is 11.4. The molecule has 0 atom stereocenters. The highest BCUT2D eigenvalue weighted by Gasteiger charge is 2.19. The molecule has 0 amide bonds. The number of aromatic nitrogens is 3. The molecule has 0 spiro atoms. The summed E-state index contributed by atoms with van der Waals surface area (Å²) in [5.74, 6) is 0.811. The summed E-state index contributed by atoms with van der Waals surface area (Å²) in [5, 5.41) is 2.06. The fourth-order valence-corrected chi connectivity index (χ4v) is 4.74. The van der Waals surface area contributed by atoms with E-state index in [0.29, 0.717) is 5.69 Å². The van der Waals surface area contributed by atoms with E-state index < -0.39 is 0 Å². The summed E-state index contributed by atoms with van der Waals surface area (Å²) in [5.41, 5.74) is 2.99. The Hall–Kier alpha value is -3.06. The standard InChI is InChI=1S/C23H26N4O2S/c1-5-17(6-2)26-19(20-13-10-14-29-20)15-30-23(26)24-21-16(3)25(4)27(22(21)28)18-11-8-7-9-12-18/h7-15,17H,5-6H2,1-4H3. The van der Waals surface area contributed by atoms with Crippen LogP contribution in [0.5, 0.6) is 0 Å². The van der Waals surface area contributed by atoms with Gasteiger partial charge in [-0.15, -0.1) is 11.3 Å². The molecule has 6 nitrogen and oxygen atoms in total. The third-order valence-electron chi connectivity index (χ3n) is 5.55. The Morgan fingerprint density at radius 1 is 1.10 bits per heavy atom. The first kappa shape index (κ1) is 20.2. The van der Waals surface area contributed by atoms with Gasteiger partial charge in [-0.1, -0.05) is 32.0 Å². The van der Waals surface area contributed by atoms with Crippen molar-refractivity contribution in [1.82, 2.24) is 13.9 Å². The Bertz CT molecular complexity index is 1250. The van der Waals surface area contributed by atoms with Crippen LogP contribution in [-0.2, 0) is 7.05 Å². The van der Waals surface area contributed by atoms with Crippen molar-refractivity contribution in [3.05, 3.63) is 75.0 Å². The second-order valence-corrected chi connectivity index (χ2v) is 8.08. The van der Waals surface area contributed by atoms with Crippen molar-refractivity contribution in [3.8, 4) is 17.1 Å². The van der Waals surface area contributed by atoms with E-state index in [1.165, 1.54) is 11.3 Å². The molecular formula is C23H26N4O2S. The van der Waals surface area contributed by atoms with Crippen molar-refractivity contribution in [3.63, 3.8) is 0 Å². The smallest absolute Gasteiger partial charge is 0.297 e. The zero-order chi connectivity index (χ0) is 21.3. The van der Waals surface area contributed by atoms with Gasteiger partial charge in [-0.25, -0.2) is 9.67 Å². The van der Waals surface area contributed by atoms with Crippen molar-refractivity contribution in [2.24, 2.45) is 12.0 Å². The minimum Gasteiger partial charge on any atom is -0.463 e. The summed E-state index contributed by atoms with van der Waals surface area (Å²) in [4.78, 5) is 19.0. The highest BCUT2D eigenvalue weighted by Crippen LogP contribution is 2.27. The molecule has 30 heavy (non-hydrogen) atoms. The van der Waals surface area contributed by atoms with Gasteiger partial charge in [0.1, 0.15) is 0 Å². The highest BCUT2D eigenvalue weighted by molar-refractivity contribution is 7.07. The monoisotopic (exact) mass is 422 g/mol. The molecule has 0 aliphatic heterocycles. The zero-order valence-electron chi connectivity index (χ0n) is 17.7. The normalized spacial score (nSPS) is 12.2. The Labute approximate surface area is 179 Å². The molecule has 7 heteroatoms. The van der Waals surface area contributed by atoms with Gasteiger partial charge < -0.3 is 8.98 Å². The molecule has 4 rings (SSSR count). The SMILES string of the molecule is CCC(CC)n1c(-c2ccco2)csc1=Nc1c(C)n(C)n(-c2ccccc2)c1=O. The van der Waals surface area contributed by atoms with Crippen LogP contribution in [0.15, 0.2) is 68.3 Å². The van der Waals surface area contributed by atoms with Gasteiger partial charge in [-0.3, -0.25) is 9.48 Å². The molecule has 4 aromatic rings. The van der Waals surface area contributed by atoms with Crippen LogP contribution in [0.4, 0.5) is 5.69 Å². The van der Waals surface area contributed by atoms with Crippen molar-refractivity contribution in [2.75, 3.05) is 0 Å². The summed E-state index contributed by atoms with van der Waals surface area (Å²) in [7, 11) is 1.89. The van der Waals surface area contributed by atoms with Crippen molar-refractivity contribution >= 4 is 17.0 Å². The van der Waals surface area contributed by atoms with Crippen molar-refractivity contribution < 1.29 is 4.42 Å². The molecule has 0 aliphatic rings.